The molecule has 4 rings (SSSR count). The van der Waals surface area contributed by atoms with Gasteiger partial charge in [0, 0.05) is 28.0 Å². The van der Waals surface area contributed by atoms with Crippen molar-refractivity contribution in [1.82, 2.24) is 10.1 Å². The minimum Gasteiger partial charge on any atom is -0.476 e. The molecule has 10 heteroatoms. The van der Waals surface area contributed by atoms with Gasteiger partial charge < -0.3 is 14.4 Å². The van der Waals surface area contributed by atoms with Gasteiger partial charge in [-0.2, -0.15) is 0 Å². The summed E-state index contributed by atoms with van der Waals surface area (Å²) in [6.45, 7) is 1.87. The van der Waals surface area contributed by atoms with Crippen LogP contribution in [0.5, 0.6) is 0 Å². The minimum atomic E-state index is -1.07. The minimum absolute atomic E-state index is 0.00414. The summed E-state index contributed by atoms with van der Waals surface area (Å²) in [5.41, 5.74) is 3.26. The number of amides is 1. The smallest absolute Gasteiger partial charge is 0.411 e. The second-order valence-electron chi connectivity index (χ2n) is 6.99. The number of aromatic nitrogens is 2. The number of benzene rings is 2. The molecule has 0 fully saturated rings. The first-order valence-electron chi connectivity index (χ1n) is 9.85. The predicted octanol–water partition coefficient (Wildman–Crippen LogP) is 5.92. The molecule has 2 N–H and O–H groups in total. The number of thiazole rings is 1. The number of aromatic carboxylic acids is 1. The van der Waals surface area contributed by atoms with Crippen molar-refractivity contribution >= 4 is 40.7 Å². The van der Waals surface area contributed by atoms with Crippen molar-refractivity contribution in [3.05, 3.63) is 75.9 Å². The first kappa shape index (κ1) is 22.5. The van der Waals surface area contributed by atoms with Crippen LogP contribution in [0.15, 0.2) is 58.4 Å². The highest BCUT2D eigenvalue weighted by molar-refractivity contribution is 7.13. The van der Waals surface area contributed by atoms with Crippen molar-refractivity contribution in [2.75, 3.05) is 11.9 Å². The molecule has 0 saturated heterocycles. The Morgan fingerprint density at radius 2 is 1.88 bits per heavy atom. The van der Waals surface area contributed by atoms with Crippen LogP contribution in [-0.2, 0) is 11.2 Å². The average Bonchev–Trinajstić information content (AvgIpc) is 3.43. The number of hydrogen-bond acceptors (Lipinski definition) is 7. The van der Waals surface area contributed by atoms with E-state index in [4.69, 9.17) is 26.0 Å². The third-order valence-corrected chi connectivity index (χ3v) is 6.03. The zero-order valence-corrected chi connectivity index (χ0v) is 18.9. The number of anilines is 1. The maximum Gasteiger partial charge on any atom is 0.411 e. The molecule has 0 aliphatic rings. The molecule has 0 aliphatic carbocycles. The van der Waals surface area contributed by atoms with E-state index in [9.17, 15) is 9.59 Å². The van der Waals surface area contributed by atoms with Crippen LogP contribution in [0.1, 0.15) is 21.7 Å². The number of carbonyl (C=O) groups excluding carboxylic acids is 1. The number of rotatable bonds is 7. The zero-order chi connectivity index (χ0) is 23.4. The van der Waals surface area contributed by atoms with Crippen LogP contribution in [0.4, 0.5) is 10.5 Å². The Labute approximate surface area is 197 Å². The Morgan fingerprint density at radius 1 is 1.15 bits per heavy atom. The van der Waals surface area contributed by atoms with Crippen molar-refractivity contribution in [3.63, 3.8) is 0 Å². The fourth-order valence-corrected chi connectivity index (χ4v) is 4.11. The van der Waals surface area contributed by atoms with Gasteiger partial charge in [-0.15, -0.1) is 11.3 Å². The Morgan fingerprint density at radius 3 is 2.58 bits per heavy atom. The second-order valence-corrected chi connectivity index (χ2v) is 8.26. The second kappa shape index (κ2) is 9.85. The Balaban J connectivity index is 1.43. The Hall–Kier alpha value is -3.69. The molecule has 0 saturated carbocycles. The molecule has 0 spiro atoms. The summed E-state index contributed by atoms with van der Waals surface area (Å²) in [6.07, 6.45) is -0.139. The van der Waals surface area contributed by atoms with Crippen LogP contribution < -0.4 is 5.32 Å². The third kappa shape index (κ3) is 5.21. The van der Waals surface area contributed by atoms with Crippen molar-refractivity contribution in [3.8, 4) is 21.9 Å². The number of nitrogens with one attached hydrogen (secondary N) is 1. The number of carbonyl (C=O) groups is 2. The van der Waals surface area contributed by atoms with Gasteiger partial charge in [0.15, 0.2) is 11.5 Å². The molecule has 0 aliphatic heterocycles. The molecule has 1 amide bonds. The number of carboxylic acids is 1. The van der Waals surface area contributed by atoms with Crippen molar-refractivity contribution in [2.45, 2.75) is 13.3 Å². The van der Waals surface area contributed by atoms with E-state index in [-0.39, 0.29) is 12.3 Å². The van der Waals surface area contributed by atoms with Gasteiger partial charge >= 0.3 is 12.1 Å². The largest absolute Gasteiger partial charge is 0.476 e. The fraction of sp³-hybridized carbons (Fsp3) is 0.130. The monoisotopic (exact) mass is 483 g/mol. The molecule has 0 atom stereocenters. The molecule has 2 aromatic heterocycles. The average molecular weight is 484 g/mol. The highest BCUT2D eigenvalue weighted by Gasteiger charge is 2.19. The van der Waals surface area contributed by atoms with E-state index in [0.717, 1.165) is 11.1 Å². The fourth-order valence-electron chi connectivity index (χ4n) is 3.08. The van der Waals surface area contributed by atoms with Crippen molar-refractivity contribution in [2.24, 2.45) is 0 Å². The molecular formula is C23H18ClN3O5S. The van der Waals surface area contributed by atoms with Crippen LogP contribution in [0.2, 0.25) is 5.02 Å². The van der Waals surface area contributed by atoms with Crippen molar-refractivity contribution < 1.29 is 24.0 Å². The van der Waals surface area contributed by atoms with Crippen LogP contribution in [-0.4, -0.2) is 33.9 Å². The quantitative estimate of drug-likeness (QED) is 0.335. The highest BCUT2D eigenvalue weighted by atomic mass is 35.5. The number of halogens is 1. The topological polar surface area (TPSA) is 115 Å². The van der Waals surface area contributed by atoms with Crippen LogP contribution in [0, 0.1) is 6.92 Å². The number of hydrogen-bond donors (Lipinski definition) is 2. The SMILES string of the molecule is Cc1noc(-c2ccc(-c3nc(C(=O)O)cs3)cc2)c1NC(=O)OCCc1ccccc1Cl. The lowest BCUT2D eigenvalue weighted by atomic mass is 10.1. The normalized spacial score (nSPS) is 10.7. The molecule has 33 heavy (non-hydrogen) atoms. The maximum absolute atomic E-state index is 12.3. The first-order valence-corrected chi connectivity index (χ1v) is 11.1. The van der Waals surface area contributed by atoms with E-state index in [1.54, 1.807) is 37.3 Å². The van der Waals surface area contributed by atoms with Crippen LogP contribution in [0.25, 0.3) is 21.9 Å². The van der Waals surface area contributed by atoms with Crippen molar-refractivity contribution in [1.29, 1.82) is 0 Å². The lowest BCUT2D eigenvalue weighted by molar-refractivity contribution is 0.0691. The number of carboxylic acid groups (broad SMARTS) is 1. The van der Waals surface area contributed by atoms with Crippen LogP contribution in [0.3, 0.4) is 0 Å². The van der Waals surface area contributed by atoms with E-state index in [2.05, 4.69) is 15.5 Å². The summed E-state index contributed by atoms with van der Waals surface area (Å²) in [4.78, 5) is 27.5. The summed E-state index contributed by atoms with van der Waals surface area (Å²) in [7, 11) is 0. The van der Waals surface area contributed by atoms with Gasteiger partial charge in [0.25, 0.3) is 0 Å². The number of nitrogens with zero attached hydrogens (tertiary/aromatic N) is 2. The number of aryl methyl sites for hydroxylation is 1. The summed E-state index contributed by atoms with van der Waals surface area (Å²) in [6, 6.07) is 14.5. The maximum atomic E-state index is 12.3. The van der Waals surface area contributed by atoms with Gasteiger partial charge in [-0.25, -0.2) is 14.6 Å². The molecule has 0 bridgehead atoms. The molecule has 8 nitrogen and oxygen atoms in total. The molecule has 2 heterocycles. The first-order chi connectivity index (χ1) is 15.9. The zero-order valence-electron chi connectivity index (χ0n) is 17.4. The predicted molar refractivity (Wildman–Crippen MR) is 125 cm³/mol. The third-order valence-electron chi connectivity index (χ3n) is 4.77. The summed E-state index contributed by atoms with van der Waals surface area (Å²) < 4.78 is 10.7. The van der Waals surface area contributed by atoms with E-state index < -0.39 is 12.1 Å². The van der Waals surface area contributed by atoms with Gasteiger partial charge in [0.2, 0.25) is 0 Å². The Bertz CT molecular complexity index is 1300. The van der Waals surface area contributed by atoms with E-state index in [1.807, 2.05) is 18.2 Å². The molecular weight excluding hydrogens is 466 g/mol. The van der Waals surface area contributed by atoms with Crippen LogP contribution >= 0.6 is 22.9 Å². The van der Waals surface area contributed by atoms with Gasteiger partial charge in [0.05, 0.1) is 6.61 Å². The Kier molecular flexibility index (Phi) is 6.71. The van der Waals surface area contributed by atoms with E-state index >= 15 is 0 Å². The molecule has 0 radical (unpaired) electrons. The summed E-state index contributed by atoms with van der Waals surface area (Å²) >= 11 is 7.37. The molecule has 168 valence electrons. The van der Waals surface area contributed by atoms with E-state index in [1.165, 1.54) is 16.7 Å². The van der Waals surface area contributed by atoms with Gasteiger partial charge in [-0.05, 0) is 18.6 Å². The molecule has 0 unspecified atom stereocenters. The molecule has 2 aromatic carbocycles. The lowest BCUT2D eigenvalue weighted by Crippen LogP contribution is -2.16. The number of ether oxygens (including phenoxy) is 1. The lowest BCUT2D eigenvalue weighted by Gasteiger charge is -2.08. The standard InChI is InChI=1S/C23H18ClN3O5S/c1-13-19(26-23(30)31-11-10-14-4-2-3-5-17(14)24)20(32-27-13)15-6-8-16(9-7-15)21-25-18(12-33-21)22(28)29/h2-9,12H,10-11H2,1H3,(H,26,30)(H,28,29). The van der Waals surface area contributed by atoms with Gasteiger partial charge in [-0.1, -0.05) is 59.2 Å². The summed E-state index contributed by atoms with van der Waals surface area (Å²) in [5, 5.41) is 18.4. The summed E-state index contributed by atoms with van der Waals surface area (Å²) in [5.74, 6) is -0.687. The van der Waals surface area contributed by atoms with Gasteiger partial charge in [-0.3, -0.25) is 5.32 Å². The van der Waals surface area contributed by atoms with Gasteiger partial charge in [0.1, 0.15) is 16.4 Å². The highest BCUT2D eigenvalue weighted by Crippen LogP contribution is 2.33. The molecule has 4 aromatic rings. The van der Waals surface area contributed by atoms with E-state index in [0.29, 0.717) is 39.2 Å².